The molecule has 0 saturated carbocycles. The molecule has 0 unspecified atom stereocenters. The van der Waals surface area contributed by atoms with Gasteiger partial charge in [0.2, 0.25) is 0 Å². The summed E-state index contributed by atoms with van der Waals surface area (Å²) in [5, 5.41) is 7.42. The zero-order chi connectivity index (χ0) is 21.0. The first kappa shape index (κ1) is 20.1. The van der Waals surface area contributed by atoms with Gasteiger partial charge in [-0.1, -0.05) is 39.0 Å². The Hall–Kier alpha value is -3.61. The van der Waals surface area contributed by atoms with Gasteiger partial charge in [0.05, 0.1) is 16.9 Å². The number of ether oxygens (including phenoxy) is 1. The number of para-hydroxylation sites is 1. The van der Waals surface area contributed by atoms with Crippen LogP contribution >= 0.6 is 0 Å². The van der Waals surface area contributed by atoms with Gasteiger partial charge in [-0.3, -0.25) is 4.79 Å². The molecule has 3 N–H and O–H groups in total. The second kappa shape index (κ2) is 8.18. The molecular formula is C22H24N4O3. The van der Waals surface area contributed by atoms with E-state index in [1.807, 2.05) is 57.2 Å². The van der Waals surface area contributed by atoms with Gasteiger partial charge in [0.1, 0.15) is 5.82 Å². The average Bonchev–Trinajstić information content (AvgIpc) is 3.11. The van der Waals surface area contributed by atoms with Crippen LogP contribution in [0.15, 0.2) is 60.7 Å². The Morgan fingerprint density at radius 1 is 1.07 bits per heavy atom. The molecule has 1 heterocycles. The van der Waals surface area contributed by atoms with Gasteiger partial charge >= 0.3 is 5.97 Å². The largest absolute Gasteiger partial charge is 0.452 e. The van der Waals surface area contributed by atoms with Crippen LogP contribution < -0.4 is 11.1 Å². The first-order valence-electron chi connectivity index (χ1n) is 9.22. The summed E-state index contributed by atoms with van der Waals surface area (Å²) >= 11 is 0. The number of hydrogen-bond donors (Lipinski definition) is 2. The van der Waals surface area contributed by atoms with Crippen LogP contribution in [0.2, 0.25) is 0 Å². The van der Waals surface area contributed by atoms with E-state index in [0.29, 0.717) is 17.1 Å². The number of aromatic nitrogens is 2. The van der Waals surface area contributed by atoms with Gasteiger partial charge in [-0.15, -0.1) is 0 Å². The van der Waals surface area contributed by atoms with E-state index in [4.69, 9.17) is 10.5 Å². The van der Waals surface area contributed by atoms with E-state index in [-0.39, 0.29) is 5.41 Å². The molecule has 0 radical (unpaired) electrons. The van der Waals surface area contributed by atoms with Crippen molar-refractivity contribution in [1.82, 2.24) is 9.78 Å². The van der Waals surface area contributed by atoms with Crippen molar-refractivity contribution in [2.24, 2.45) is 0 Å². The summed E-state index contributed by atoms with van der Waals surface area (Å²) in [4.78, 5) is 24.5. The number of nitrogens with zero attached hydrogens (tertiary/aromatic N) is 2. The summed E-state index contributed by atoms with van der Waals surface area (Å²) in [7, 11) is 0. The molecule has 3 aromatic rings. The molecule has 0 spiro atoms. The lowest BCUT2D eigenvalue weighted by Gasteiger charge is -2.14. The SMILES string of the molecule is CC(C)(C)c1cc(NC(=O)COC(=O)c2ccc(N)cc2)n(-c2ccccc2)n1. The normalized spacial score (nSPS) is 11.1. The lowest BCUT2D eigenvalue weighted by Crippen LogP contribution is -2.22. The fraction of sp³-hybridized carbons (Fsp3) is 0.227. The molecule has 2 aromatic carbocycles. The van der Waals surface area contributed by atoms with Crippen molar-refractivity contribution in [3.8, 4) is 5.69 Å². The third kappa shape index (κ3) is 5.01. The van der Waals surface area contributed by atoms with Crippen LogP contribution in [0.3, 0.4) is 0 Å². The summed E-state index contributed by atoms with van der Waals surface area (Å²) in [6.45, 7) is 5.73. The number of rotatable bonds is 5. The summed E-state index contributed by atoms with van der Waals surface area (Å²) in [5.74, 6) is -0.534. The van der Waals surface area contributed by atoms with Crippen LogP contribution in [0.4, 0.5) is 11.5 Å². The summed E-state index contributed by atoms with van der Waals surface area (Å²) in [5.41, 5.74) is 7.93. The molecular weight excluding hydrogens is 368 g/mol. The van der Waals surface area contributed by atoms with Crippen LogP contribution in [-0.2, 0) is 14.9 Å². The van der Waals surface area contributed by atoms with E-state index in [1.54, 1.807) is 28.9 Å². The molecule has 0 fully saturated rings. The van der Waals surface area contributed by atoms with Gasteiger partial charge in [-0.2, -0.15) is 5.10 Å². The number of amides is 1. The van der Waals surface area contributed by atoms with Crippen molar-refractivity contribution in [1.29, 1.82) is 0 Å². The number of esters is 1. The molecule has 0 bridgehead atoms. The molecule has 7 heteroatoms. The van der Waals surface area contributed by atoms with Crippen molar-refractivity contribution in [2.75, 3.05) is 17.7 Å². The molecule has 1 amide bonds. The molecule has 3 rings (SSSR count). The van der Waals surface area contributed by atoms with Gasteiger partial charge in [0.15, 0.2) is 6.61 Å². The van der Waals surface area contributed by atoms with E-state index in [1.165, 1.54) is 0 Å². The molecule has 0 saturated heterocycles. The lowest BCUT2D eigenvalue weighted by atomic mass is 9.92. The number of hydrogen-bond acceptors (Lipinski definition) is 5. The Balaban J connectivity index is 1.73. The molecule has 0 atom stereocenters. The highest BCUT2D eigenvalue weighted by molar-refractivity contribution is 5.95. The third-order valence-corrected chi connectivity index (χ3v) is 4.23. The van der Waals surface area contributed by atoms with Gasteiger partial charge < -0.3 is 15.8 Å². The van der Waals surface area contributed by atoms with Crippen LogP contribution in [0, 0.1) is 0 Å². The van der Waals surface area contributed by atoms with Gasteiger partial charge in [-0.25, -0.2) is 9.48 Å². The zero-order valence-electron chi connectivity index (χ0n) is 16.7. The van der Waals surface area contributed by atoms with E-state index >= 15 is 0 Å². The number of nitrogens with one attached hydrogen (secondary N) is 1. The predicted molar refractivity (Wildman–Crippen MR) is 112 cm³/mol. The standard InChI is InChI=1S/C22H24N4O3/c1-22(2,3)18-13-19(26(25-18)17-7-5-4-6-8-17)24-20(27)14-29-21(28)15-9-11-16(23)12-10-15/h4-13H,14,23H2,1-3H3,(H,24,27). The average molecular weight is 392 g/mol. The minimum atomic E-state index is -0.591. The van der Waals surface area contributed by atoms with Crippen LogP contribution in [0.1, 0.15) is 36.8 Å². The Bertz CT molecular complexity index is 1000. The van der Waals surface area contributed by atoms with E-state index in [0.717, 1.165) is 11.4 Å². The molecule has 7 nitrogen and oxygen atoms in total. The minimum Gasteiger partial charge on any atom is -0.452 e. The number of benzene rings is 2. The topological polar surface area (TPSA) is 99.2 Å². The second-order valence-electron chi connectivity index (χ2n) is 7.66. The summed E-state index contributed by atoms with van der Waals surface area (Å²) in [6, 6.07) is 17.6. The molecule has 29 heavy (non-hydrogen) atoms. The van der Waals surface area contributed by atoms with Gasteiger partial charge in [0.25, 0.3) is 5.91 Å². The van der Waals surface area contributed by atoms with E-state index in [2.05, 4.69) is 10.4 Å². The number of anilines is 2. The Labute approximate surface area is 169 Å². The highest BCUT2D eigenvalue weighted by atomic mass is 16.5. The first-order chi connectivity index (χ1) is 13.7. The maximum Gasteiger partial charge on any atom is 0.338 e. The monoisotopic (exact) mass is 392 g/mol. The minimum absolute atomic E-state index is 0.193. The predicted octanol–water partition coefficient (Wildman–Crippen LogP) is 3.55. The molecule has 0 aliphatic heterocycles. The van der Waals surface area contributed by atoms with E-state index < -0.39 is 18.5 Å². The number of carbonyl (C=O) groups is 2. The molecule has 1 aromatic heterocycles. The van der Waals surface area contributed by atoms with Crippen molar-refractivity contribution in [3.63, 3.8) is 0 Å². The molecule has 150 valence electrons. The maximum atomic E-state index is 12.4. The van der Waals surface area contributed by atoms with Crippen LogP contribution in [0.25, 0.3) is 5.69 Å². The zero-order valence-corrected chi connectivity index (χ0v) is 16.7. The number of carbonyl (C=O) groups excluding carboxylic acids is 2. The van der Waals surface area contributed by atoms with Crippen molar-refractivity contribution in [3.05, 3.63) is 71.9 Å². The quantitative estimate of drug-likeness (QED) is 0.511. The molecule has 0 aliphatic carbocycles. The van der Waals surface area contributed by atoms with Crippen molar-refractivity contribution < 1.29 is 14.3 Å². The van der Waals surface area contributed by atoms with Crippen molar-refractivity contribution >= 4 is 23.4 Å². The highest BCUT2D eigenvalue weighted by Gasteiger charge is 2.21. The second-order valence-corrected chi connectivity index (χ2v) is 7.66. The van der Waals surface area contributed by atoms with Gasteiger partial charge in [0, 0.05) is 17.2 Å². The maximum absolute atomic E-state index is 12.4. The lowest BCUT2D eigenvalue weighted by molar-refractivity contribution is -0.119. The van der Waals surface area contributed by atoms with Gasteiger partial charge in [-0.05, 0) is 36.4 Å². The Morgan fingerprint density at radius 3 is 2.34 bits per heavy atom. The Morgan fingerprint density at radius 2 is 1.72 bits per heavy atom. The smallest absolute Gasteiger partial charge is 0.338 e. The first-order valence-corrected chi connectivity index (χ1v) is 9.22. The fourth-order valence-electron chi connectivity index (χ4n) is 2.62. The number of nitrogens with two attached hydrogens (primary N) is 1. The summed E-state index contributed by atoms with van der Waals surface area (Å²) in [6.07, 6.45) is 0. The third-order valence-electron chi connectivity index (χ3n) is 4.23. The summed E-state index contributed by atoms with van der Waals surface area (Å²) < 4.78 is 6.77. The fourth-order valence-corrected chi connectivity index (χ4v) is 2.62. The Kier molecular flexibility index (Phi) is 5.68. The highest BCUT2D eigenvalue weighted by Crippen LogP contribution is 2.26. The van der Waals surface area contributed by atoms with E-state index in [9.17, 15) is 9.59 Å². The van der Waals surface area contributed by atoms with Crippen molar-refractivity contribution in [2.45, 2.75) is 26.2 Å². The van der Waals surface area contributed by atoms with Crippen LogP contribution in [0.5, 0.6) is 0 Å². The van der Waals surface area contributed by atoms with Crippen LogP contribution in [-0.4, -0.2) is 28.3 Å². The molecule has 0 aliphatic rings. The number of nitrogen functional groups attached to an aromatic ring is 1.